The minimum atomic E-state index is 0.0461. The minimum absolute atomic E-state index is 0.0461. The summed E-state index contributed by atoms with van der Waals surface area (Å²) in [6.07, 6.45) is 2.96. The molecule has 0 saturated carbocycles. The molecule has 0 radical (unpaired) electrons. The standard InChI is InChI=1S/C31H33N/c1-7-26-21(2)12-11-15-27(26)28-19-25(31(4,5)6)20-29(22(28)3)30-18-24(16-17-32-30)23-13-9-8-10-14-23/h8-20H,7H2,1-6H3. The molecule has 0 N–H and O–H groups in total. The maximum absolute atomic E-state index is 4.81. The van der Waals surface area contributed by atoms with Gasteiger partial charge in [-0.3, -0.25) is 4.98 Å². The van der Waals surface area contributed by atoms with E-state index in [1.54, 1.807) is 0 Å². The van der Waals surface area contributed by atoms with Crippen molar-refractivity contribution in [3.8, 4) is 33.5 Å². The zero-order valence-corrected chi connectivity index (χ0v) is 20.2. The van der Waals surface area contributed by atoms with E-state index in [9.17, 15) is 0 Å². The lowest BCUT2D eigenvalue weighted by Crippen LogP contribution is -2.12. The zero-order valence-electron chi connectivity index (χ0n) is 20.2. The van der Waals surface area contributed by atoms with Crippen LogP contribution < -0.4 is 0 Å². The van der Waals surface area contributed by atoms with Crippen LogP contribution in [0.4, 0.5) is 0 Å². The Morgan fingerprint density at radius 1 is 0.719 bits per heavy atom. The van der Waals surface area contributed by atoms with Crippen molar-refractivity contribution in [2.75, 3.05) is 0 Å². The highest BCUT2D eigenvalue weighted by Crippen LogP contribution is 2.39. The van der Waals surface area contributed by atoms with E-state index >= 15 is 0 Å². The third kappa shape index (κ3) is 4.25. The SMILES string of the molecule is CCc1c(C)cccc1-c1cc(C(C)(C)C)cc(-c2cc(-c3ccccc3)ccn2)c1C. The predicted octanol–water partition coefficient (Wildman–Crippen LogP) is 8.56. The van der Waals surface area contributed by atoms with Gasteiger partial charge in [0.05, 0.1) is 5.69 Å². The summed E-state index contributed by atoms with van der Waals surface area (Å²) in [7, 11) is 0. The molecular formula is C31H33N. The van der Waals surface area contributed by atoms with Gasteiger partial charge in [-0.05, 0) is 88.4 Å². The Morgan fingerprint density at radius 2 is 1.44 bits per heavy atom. The summed E-state index contributed by atoms with van der Waals surface area (Å²) in [5.41, 5.74) is 12.8. The molecule has 0 aliphatic rings. The predicted molar refractivity (Wildman–Crippen MR) is 138 cm³/mol. The summed E-state index contributed by atoms with van der Waals surface area (Å²) in [5.74, 6) is 0. The first-order valence-electron chi connectivity index (χ1n) is 11.6. The molecule has 0 amide bonds. The van der Waals surface area contributed by atoms with E-state index in [4.69, 9.17) is 4.98 Å². The molecular weight excluding hydrogens is 386 g/mol. The van der Waals surface area contributed by atoms with Gasteiger partial charge in [0.2, 0.25) is 0 Å². The fourth-order valence-corrected chi connectivity index (χ4v) is 4.50. The Morgan fingerprint density at radius 3 is 2.12 bits per heavy atom. The summed E-state index contributed by atoms with van der Waals surface area (Å²) in [4.78, 5) is 4.81. The van der Waals surface area contributed by atoms with Crippen molar-refractivity contribution in [2.45, 2.75) is 53.4 Å². The van der Waals surface area contributed by atoms with Gasteiger partial charge in [0, 0.05) is 11.8 Å². The lowest BCUT2D eigenvalue weighted by atomic mass is 9.80. The molecule has 4 rings (SSSR count). The van der Waals surface area contributed by atoms with E-state index in [1.807, 2.05) is 6.20 Å². The van der Waals surface area contributed by atoms with Crippen molar-refractivity contribution in [3.63, 3.8) is 0 Å². The molecule has 0 aliphatic carbocycles. The van der Waals surface area contributed by atoms with Crippen LogP contribution in [0.1, 0.15) is 49.9 Å². The van der Waals surface area contributed by atoms with Crippen molar-refractivity contribution >= 4 is 0 Å². The lowest BCUT2D eigenvalue weighted by molar-refractivity contribution is 0.590. The van der Waals surface area contributed by atoms with Gasteiger partial charge in [0.1, 0.15) is 0 Å². The monoisotopic (exact) mass is 419 g/mol. The van der Waals surface area contributed by atoms with Crippen LogP contribution in [0.15, 0.2) is 79.0 Å². The lowest BCUT2D eigenvalue weighted by Gasteiger charge is -2.24. The number of benzene rings is 3. The second kappa shape index (κ2) is 8.74. The molecule has 162 valence electrons. The Bertz CT molecular complexity index is 1240. The van der Waals surface area contributed by atoms with Gasteiger partial charge in [-0.15, -0.1) is 0 Å². The van der Waals surface area contributed by atoms with Crippen LogP contribution in [0, 0.1) is 13.8 Å². The highest BCUT2D eigenvalue weighted by Gasteiger charge is 2.20. The van der Waals surface area contributed by atoms with E-state index in [2.05, 4.69) is 114 Å². The third-order valence-corrected chi connectivity index (χ3v) is 6.47. The van der Waals surface area contributed by atoms with Gasteiger partial charge in [0.15, 0.2) is 0 Å². The summed E-state index contributed by atoms with van der Waals surface area (Å²) in [6, 6.07) is 26.3. The smallest absolute Gasteiger partial charge is 0.0711 e. The summed E-state index contributed by atoms with van der Waals surface area (Å²) < 4.78 is 0. The Balaban J connectivity index is 1.97. The zero-order chi connectivity index (χ0) is 22.9. The van der Waals surface area contributed by atoms with Crippen molar-refractivity contribution in [1.29, 1.82) is 0 Å². The van der Waals surface area contributed by atoms with Gasteiger partial charge in [-0.2, -0.15) is 0 Å². The highest BCUT2D eigenvalue weighted by molar-refractivity contribution is 5.81. The van der Waals surface area contributed by atoms with Gasteiger partial charge in [0.25, 0.3) is 0 Å². The van der Waals surface area contributed by atoms with Crippen LogP contribution in [0.5, 0.6) is 0 Å². The summed E-state index contributed by atoms with van der Waals surface area (Å²) in [5, 5.41) is 0. The second-order valence-electron chi connectivity index (χ2n) is 9.70. The van der Waals surface area contributed by atoms with Gasteiger partial charge < -0.3 is 0 Å². The summed E-state index contributed by atoms with van der Waals surface area (Å²) in [6.45, 7) is 13.6. The molecule has 0 atom stereocenters. The molecule has 1 heteroatoms. The number of nitrogens with zero attached hydrogens (tertiary/aromatic N) is 1. The normalized spacial score (nSPS) is 11.6. The Kier molecular flexibility index (Phi) is 6.02. The van der Waals surface area contributed by atoms with Crippen LogP contribution in [0.3, 0.4) is 0 Å². The minimum Gasteiger partial charge on any atom is -0.256 e. The largest absolute Gasteiger partial charge is 0.256 e. The van der Waals surface area contributed by atoms with Crippen LogP contribution in [0.2, 0.25) is 0 Å². The van der Waals surface area contributed by atoms with Crippen molar-refractivity contribution in [1.82, 2.24) is 4.98 Å². The molecule has 4 aromatic rings. The average Bonchev–Trinajstić information content (AvgIpc) is 2.79. The van der Waals surface area contributed by atoms with Crippen molar-refractivity contribution in [3.05, 3.63) is 101 Å². The molecule has 1 heterocycles. The Labute approximate surface area is 193 Å². The number of hydrogen-bond acceptors (Lipinski definition) is 1. The summed E-state index contributed by atoms with van der Waals surface area (Å²) >= 11 is 0. The second-order valence-corrected chi connectivity index (χ2v) is 9.70. The quantitative estimate of drug-likeness (QED) is 0.323. The number of hydrogen-bond donors (Lipinski definition) is 0. The van der Waals surface area contributed by atoms with Crippen molar-refractivity contribution < 1.29 is 0 Å². The first-order valence-corrected chi connectivity index (χ1v) is 11.6. The maximum Gasteiger partial charge on any atom is 0.0711 e. The maximum atomic E-state index is 4.81. The van der Waals surface area contributed by atoms with Gasteiger partial charge in [-0.25, -0.2) is 0 Å². The average molecular weight is 420 g/mol. The van der Waals surface area contributed by atoms with Crippen LogP contribution >= 0.6 is 0 Å². The van der Waals surface area contributed by atoms with Gasteiger partial charge in [-0.1, -0.05) is 82.3 Å². The molecule has 1 nitrogen and oxygen atoms in total. The molecule has 32 heavy (non-hydrogen) atoms. The number of rotatable bonds is 4. The fourth-order valence-electron chi connectivity index (χ4n) is 4.50. The molecule has 3 aromatic carbocycles. The number of pyridine rings is 1. The van der Waals surface area contributed by atoms with Crippen LogP contribution in [-0.2, 0) is 11.8 Å². The van der Waals surface area contributed by atoms with Crippen LogP contribution in [-0.4, -0.2) is 4.98 Å². The van der Waals surface area contributed by atoms with E-state index in [-0.39, 0.29) is 5.41 Å². The van der Waals surface area contributed by atoms with E-state index in [0.29, 0.717) is 0 Å². The first-order chi connectivity index (χ1) is 15.3. The molecule has 0 saturated heterocycles. The molecule has 0 bridgehead atoms. The molecule has 0 unspecified atom stereocenters. The highest BCUT2D eigenvalue weighted by atomic mass is 14.7. The van der Waals surface area contributed by atoms with E-state index in [0.717, 1.165) is 12.1 Å². The van der Waals surface area contributed by atoms with Gasteiger partial charge >= 0.3 is 0 Å². The number of aryl methyl sites for hydroxylation is 1. The molecule has 0 fully saturated rings. The van der Waals surface area contributed by atoms with Crippen LogP contribution in [0.25, 0.3) is 33.5 Å². The Hall–Kier alpha value is -3.19. The molecule has 0 aliphatic heterocycles. The molecule has 0 spiro atoms. The topological polar surface area (TPSA) is 12.9 Å². The molecule has 1 aromatic heterocycles. The number of aromatic nitrogens is 1. The van der Waals surface area contributed by atoms with E-state index < -0.39 is 0 Å². The van der Waals surface area contributed by atoms with Crippen molar-refractivity contribution in [2.24, 2.45) is 0 Å². The third-order valence-electron chi connectivity index (χ3n) is 6.47. The van der Waals surface area contributed by atoms with E-state index in [1.165, 1.54) is 50.1 Å². The fraction of sp³-hybridized carbons (Fsp3) is 0.258. The first kappa shape index (κ1) is 22.0.